The summed E-state index contributed by atoms with van der Waals surface area (Å²) >= 11 is 3.46. The normalized spacial score (nSPS) is 18.4. The maximum absolute atomic E-state index is 12.2. The molecule has 1 aliphatic heterocycles. The third-order valence-corrected chi connectivity index (χ3v) is 4.87. The van der Waals surface area contributed by atoms with E-state index in [1.807, 2.05) is 24.3 Å². The molecule has 1 N–H and O–H groups in total. The van der Waals surface area contributed by atoms with Crippen molar-refractivity contribution in [1.29, 1.82) is 0 Å². The molecular formula is C15H20BrNO2. The summed E-state index contributed by atoms with van der Waals surface area (Å²) in [6.45, 7) is 5.39. The predicted molar refractivity (Wildman–Crippen MR) is 79.7 cm³/mol. The van der Waals surface area contributed by atoms with E-state index in [9.17, 15) is 4.79 Å². The largest absolute Gasteiger partial charge is 0.492 e. The van der Waals surface area contributed by atoms with Gasteiger partial charge in [-0.25, -0.2) is 0 Å². The molecule has 0 spiro atoms. The maximum atomic E-state index is 12.2. The van der Waals surface area contributed by atoms with Crippen LogP contribution in [-0.2, 0) is 11.2 Å². The summed E-state index contributed by atoms with van der Waals surface area (Å²) in [5.74, 6) is 0.914. The Morgan fingerprint density at radius 2 is 2.21 bits per heavy atom. The number of para-hydroxylation sites is 1. The first kappa shape index (κ1) is 14.4. The highest BCUT2D eigenvalue weighted by molar-refractivity contribution is 9.09. The lowest BCUT2D eigenvalue weighted by atomic mass is 9.94. The van der Waals surface area contributed by atoms with Crippen LogP contribution in [0.5, 0.6) is 5.75 Å². The molecule has 0 saturated carbocycles. The van der Waals surface area contributed by atoms with Gasteiger partial charge in [-0.3, -0.25) is 4.79 Å². The van der Waals surface area contributed by atoms with Crippen LogP contribution in [0, 0.1) is 11.3 Å². The minimum Gasteiger partial charge on any atom is -0.492 e. The van der Waals surface area contributed by atoms with Crippen molar-refractivity contribution in [2.45, 2.75) is 20.3 Å². The fourth-order valence-corrected chi connectivity index (χ4v) is 2.21. The third-order valence-electron chi connectivity index (χ3n) is 3.35. The van der Waals surface area contributed by atoms with Crippen molar-refractivity contribution in [2.24, 2.45) is 11.3 Å². The topological polar surface area (TPSA) is 38.3 Å². The minimum atomic E-state index is -0.0824. The van der Waals surface area contributed by atoms with Gasteiger partial charge in [0, 0.05) is 11.9 Å². The van der Waals surface area contributed by atoms with Crippen molar-refractivity contribution in [3.8, 4) is 5.75 Å². The number of ether oxygens (including phenoxy) is 1. The number of alkyl halides is 1. The molecular weight excluding hydrogens is 306 g/mol. The lowest BCUT2D eigenvalue weighted by Gasteiger charge is -2.27. The van der Waals surface area contributed by atoms with E-state index in [0.29, 0.717) is 13.2 Å². The number of fused-ring (bicyclic) bond motifs is 1. The van der Waals surface area contributed by atoms with Gasteiger partial charge >= 0.3 is 0 Å². The maximum Gasteiger partial charge on any atom is 0.226 e. The van der Waals surface area contributed by atoms with Crippen molar-refractivity contribution in [2.75, 3.05) is 18.5 Å². The fraction of sp³-hybridized carbons (Fsp3) is 0.533. The molecule has 0 aromatic heterocycles. The molecule has 1 aromatic rings. The Hall–Kier alpha value is -1.03. The van der Waals surface area contributed by atoms with Crippen molar-refractivity contribution in [3.63, 3.8) is 0 Å². The van der Waals surface area contributed by atoms with Crippen molar-refractivity contribution < 1.29 is 9.53 Å². The van der Waals surface area contributed by atoms with Crippen LogP contribution < -0.4 is 10.1 Å². The van der Waals surface area contributed by atoms with Gasteiger partial charge in [0.25, 0.3) is 0 Å². The quantitative estimate of drug-likeness (QED) is 0.864. The van der Waals surface area contributed by atoms with Gasteiger partial charge in [0.15, 0.2) is 0 Å². The fourth-order valence-electron chi connectivity index (χ4n) is 2.01. The number of carbonyl (C=O) groups is 1. The number of nitrogens with one attached hydrogen (secondary N) is 1. The smallest absolute Gasteiger partial charge is 0.226 e. The van der Waals surface area contributed by atoms with Gasteiger partial charge in [0.05, 0.1) is 5.92 Å². The van der Waals surface area contributed by atoms with E-state index in [4.69, 9.17) is 4.74 Å². The molecule has 4 heteroatoms. The number of benzene rings is 1. The lowest BCUT2D eigenvalue weighted by Crippen LogP contribution is -2.41. The van der Waals surface area contributed by atoms with Crippen LogP contribution in [0.3, 0.4) is 0 Å². The molecule has 1 amide bonds. The first-order chi connectivity index (χ1) is 9.02. The Labute approximate surface area is 122 Å². The molecule has 0 radical (unpaired) electrons. The van der Waals surface area contributed by atoms with Crippen LogP contribution in [0.4, 0.5) is 0 Å². The van der Waals surface area contributed by atoms with Gasteiger partial charge < -0.3 is 10.1 Å². The van der Waals surface area contributed by atoms with E-state index in [-0.39, 0.29) is 17.2 Å². The second kappa shape index (κ2) is 5.95. The third kappa shape index (κ3) is 3.72. The van der Waals surface area contributed by atoms with Crippen molar-refractivity contribution in [1.82, 2.24) is 5.32 Å². The zero-order valence-electron chi connectivity index (χ0n) is 11.4. The molecule has 0 fully saturated rings. The van der Waals surface area contributed by atoms with Gasteiger partial charge in [-0.05, 0) is 23.5 Å². The van der Waals surface area contributed by atoms with Crippen LogP contribution in [0.1, 0.15) is 19.4 Å². The zero-order valence-corrected chi connectivity index (χ0v) is 13.0. The molecule has 104 valence electrons. The first-order valence-corrected chi connectivity index (χ1v) is 7.68. The summed E-state index contributed by atoms with van der Waals surface area (Å²) in [7, 11) is 0. The molecule has 1 heterocycles. The van der Waals surface area contributed by atoms with Gasteiger partial charge in [0.1, 0.15) is 12.4 Å². The Morgan fingerprint density at radius 3 is 2.95 bits per heavy atom. The SMILES string of the molecule is CC(C)(CBr)CNC(=O)C1COc2ccccc2C1. The van der Waals surface area contributed by atoms with E-state index in [1.165, 1.54) is 0 Å². The summed E-state index contributed by atoms with van der Waals surface area (Å²) in [5.41, 5.74) is 1.19. The van der Waals surface area contributed by atoms with E-state index in [0.717, 1.165) is 23.1 Å². The predicted octanol–water partition coefficient (Wildman–Crippen LogP) is 2.78. The Bertz CT molecular complexity index is 459. The monoisotopic (exact) mass is 325 g/mol. The highest BCUT2D eigenvalue weighted by Crippen LogP contribution is 2.27. The number of rotatable bonds is 4. The van der Waals surface area contributed by atoms with E-state index in [2.05, 4.69) is 35.1 Å². The number of hydrogen-bond acceptors (Lipinski definition) is 2. The summed E-state index contributed by atoms with van der Waals surface area (Å²) in [6.07, 6.45) is 0.761. The molecule has 3 nitrogen and oxygen atoms in total. The van der Waals surface area contributed by atoms with Crippen LogP contribution in [0.25, 0.3) is 0 Å². The van der Waals surface area contributed by atoms with Crippen LogP contribution >= 0.6 is 15.9 Å². The molecule has 0 aliphatic carbocycles. The molecule has 2 rings (SSSR count). The Morgan fingerprint density at radius 1 is 1.47 bits per heavy atom. The number of amides is 1. The van der Waals surface area contributed by atoms with E-state index in [1.54, 1.807) is 0 Å². The van der Waals surface area contributed by atoms with Gasteiger partial charge in [-0.15, -0.1) is 0 Å². The molecule has 1 aliphatic rings. The zero-order chi connectivity index (χ0) is 13.9. The standard InChI is InChI=1S/C15H20BrNO2/c1-15(2,9-16)10-17-14(18)12-7-11-5-3-4-6-13(11)19-8-12/h3-6,12H,7-10H2,1-2H3,(H,17,18). The highest BCUT2D eigenvalue weighted by atomic mass is 79.9. The molecule has 19 heavy (non-hydrogen) atoms. The van der Waals surface area contributed by atoms with Crippen LogP contribution in [0.15, 0.2) is 24.3 Å². The molecule has 1 unspecified atom stereocenters. The Balaban J connectivity index is 1.92. The number of carbonyl (C=O) groups excluding carboxylic acids is 1. The van der Waals surface area contributed by atoms with Crippen LogP contribution in [0.2, 0.25) is 0 Å². The number of halogens is 1. The van der Waals surface area contributed by atoms with E-state index < -0.39 is 0 Å². The number of hydrogen-bond donors (Lipinski definition) is 1. The highest BCUT2D eigenvalue weighted by Gasteiger charge is 2.27. The van der Waals surface area contributed by atoms with Gasteiger partial charge in [-0.1, -0.05) is 48.0 Å². The first-order valence-electron chi connectivity index (χ1n) is 6.56. The van der Waals surface area contributed by atoms with Gasteiger partial charge in [-0.2, -0.15) is 0 Å². The second-order valence-electron chi connectivity index (χ2n) is 5.84. The van der Waals surface area contributed by atoms with Crippen LogP contribution in [-0.4, -0.2) is 24.4 Å². The van der Waals surface area contributed by atoms with Crippen molar-refractivity contribution in [3.05, 3.63) is 29.8 Å². The molecule has 1 aromatic carbocycles. The average Bonchev–Trinajstić information content (AvgIpc) is 2.44. The lowest BCUT2D eigenvalue weighted by molar-refractivity contribution is -0.126. The average molecular weight is 326 g/mol. The summed E-state index contributed by atoms with van der Waals surface area (Å²) in [5, 5.41) is 3.89. The summed E-state index contributed by atoms with van der Waals surface area (Å²) < 4.78 is 5.65. The molecule has 0 bridgehead atoms. The van der Waals surface area contributed by atoms with Gasteiger partial charge in [0.2, 0.25) is 5.91 Å². The molecule has 0 saturated heterocycles. The molecule has 1 atom stereocenters. The summed E-state index contributed by atoms with van der Waals surface area (Å²) in [4.78, 5) is 12.2. The minimum absolute atomic E-state index is 0.0725. The summed E-state index contributed by atoms with van der Waals surface area (Å²) in [6, 6.07) is 7.92. The van der Waals surface area contributed by atoms with Crippen molar-refractivity contribution >= 4 is 21.8 Å². The second-order valence-corrected chi connectivity index (χ2v) is 6.40. The van der Waals surface area contributed by atoms with E-state index >= 15 is 0 Å². The Kier molecular flexibility index (Phi) is 4.50.